The number of rotatable bonds is 6. The van der Waals surface area contributed by atoms with E-state index in [1.807, 2.05) is 6.92 Å². The first-order valence-electron chi connectivity index (χ1n) is 4.07. The van der Waals surface area contributed by atoms with E-state index < -0.39 is 0 Å². The van der Waals surface area contributed by atoms with Crippen LogP contribution in [0.3, 0.4) is 0 Å². The van der Waals surface area contributed by atoms with E-state index in [0.717, 1.165) is 5.75 Å². The molecular formula is C8H18OS. The lowest BCUT2D eigenvalue weighted by molar-refractivity contribution is 0.284. The average molecular weight is 162 g/mol. The Morgan fingerprint density at radius 1 is 1.30 bits per heavy atom. The van der Waals surface area contributed by atoms with Crippen LogP contribution < -0.4 is 0 Å². The monoisotopic (exact) mass is 162 g/mol. The van der Waals surface area contributed by atoms with Gasteiger partial charge in [0.1, 0.15) is 0 Å². The summed E-state index contributed by atoms with van der Waals surface area (Å²) in [6.45, 7) is 4.03. The Balaban J connectivity index is 2.77. The fourth-order valence-corrected chi connectivity index (χ4v) is 1.49. The molecule has 0 spiro atoms. The lowest BCUT2D eigenvalue weighted by Crippen LogP contribution is -1.93. The van der Waals surface area contributed by atoms with Crippen molar-refractivity contribution in [3.63, 3.8) is 0 Å². The SMILES string of the molecule is CCCCCCSC(C)O. The van der Waals surface area contributed by atoms with Gasteiger partial charge in [0.2, 0.25) is 0 Å². The van der Waals surface area contributed by atoms with Crippen LogP contribution in [0.4, 0.5) is 0 Å². The van der Waals surface area contributed by atoms with Gasteiger partial charge in [0, 0.05) is 0 Å². The molecule has 0 aliphatic carbocycles. The third-order valence-electron chi connectivity index (χ3n) is 1.36. The number of thioether (sulfide) groups is 1. The highest BCUT2D eigenvalue weighted by Crippen LogP contribution is 2.10. The predicted molar refractivity (Wildman–Crippen MR) is 48.3 cm³/mol. The molecule has 10 heavy (non-hydrogen) atoms. The van der Waals surface area contributed by atoms with Crippen LogP contribution in [-0.4, -0.2) is 16.3 Å². The molecule has 1 atom stereocenters. The molecule has 0 aliphatic heterocycles. The van der Waals surface area contributed by atoms with Gasteiger partial charge in [0.05, 0.1) is 5.44 Å². The van der Waals surface area contributed by atoms with Crippen molar-refractivity contribution < 1.29 is 5.11 Å². The van der Waals surface area contributed by atoms with Gasteiger partial charge < -0.3 is 5.11 Å². The van der Waals surface area contributed by atoms with Gasteiger partial charge in [-0.1, -0.05) is 26.2 Å². The van der Waals surface area contributed by atoms with Crippen molar-refractivity contribution in [3.05, 3.63) is 0 Å². The van der Waals surface area contributed by atoms with E-state index in [1.54, 1.807) is 11.8 Å². The van der Waals surface area contributed by atoms with E-state index >= 15 is 0 Å². The molecule has 2 heteroatoms. The fraction of sp³-hybridized carbons (Fsp3) is 1.00. The Morgan fingerprint density at radius 2 is 2.00 bits per heavy atom. The van der Waals surface area contributed by atoms with Crippen LogP contribution >= 0.6 is 11.8 Å². The van der Waals surface area contributed by atoms with Crippen LogP contribution in [0.5, 0.6) is 0 Å². The average Bonchev–Trinajstić information content (AvgIpc) is 1.87. The van der Waals surface area contributed by atoms with Crippen LogP contribution in [0.15, 0.2) is 0 Å². The largest absolute Gasteiger partial charge is 0.383 e. The summed E-state index contributed by atoms with van der Waals surface area (Å²) >= 11 is 1.64. The molecule has 0 saturated carbocycles. The van der Waals surface area contributed by atoms with Crippen LogP contribution in [-0.2, 0) is 0 Å². The molecule has 0 aromatic rings. The fourth-order valence-electron chi connectivity index (χ4n) is 0.783. The van der Waals surface area contributed by atoms with E-state index in [9.17, 15) is 0 Å². The van der Waals surface area contributed by atoms with E-state index in [-0.39, 0.29) is 5.44 Å². The summed E-state index contributed by atoms with van der Waals surface area (Å²) in [4.78, 5) is 0. The second-order valence-electron chi connectivity index (χ2n) is 2.53. The molecule has 0 radical (unpaired) electrons. The summed E-state index contributed by atoms with van der Waals surface area (Å²) in [6.07, 6.45) is 5.19. The van der Waals surface area contributed by atoms with Crippen molar-refractivity contribution in [1.29, 1.82) is 0 Å². The molecule has 62 valence electrons. The highest BCUT2D eigenvalue weighted by Gasteiger charge is 1.94. The second-order valence-corrected chi connectivity index (χ2v) is 3.95. The van der Waals surface area contributed by atoms with E-state index in [0.29, 0.717) is 0 Å². The lowest BCUT2D eigenvalue weighted by atomic mass is 10.2. The first-order chi connectivity index (χ1) is 4.77. The molecule has 0 aromatic carbocycles. The van der Waals surface area contributed by atoms with Gasteiger partial charge in [-0.05, 0) is 19.1 Å². The van der Waals surface area contributed by atoms with Gasteiger partial charge in [-0.2, -0.15) is 0 Å². The third kappa shape index (κ3) is 8.31. The van der Waals surface area contributed by atoms with Crippen molar-refractivity contribution in [2.45, 2.75) is 45.0 Å². The summed E-state index contributed by atoms with van der Waals surface area (Å²) in [6, 6.07) is 0. The minimum Gasteiger partial charge on any atom is -0.383 e. The highest BCUT2D eigenvalue weighted by atomic mass is 32.2. The first-order valence-corrected chi connectivity index (χ1v) is 5.12. The quantitative estimate of drug-likeness (QED) is 0.478. The van der Waals surface area contributed by atoms with E-state index in [1.165, 1.54) is 25.7 Å². The van der Waals surface area contributed by atoms with Gasteiger partial charge in [0.15, 0.2) is 0 Å². The molecule has 0 aromatic heterocycles. The molecule has 0 rings (SSSR count). The van der Waals surface area contributed by atoms with Crippen LogP contribution in [0, 0.1) is 0 Å². The first kappa shape index (κ1) is 10.3. The van der Waals surface area contributed by atoms with Crippen molar-refractivity contribution in [2.75, 3.05) is 5.75 Å². The molecule has 1 unspecified atom stereocenters. The van der Waals surface area contributed by atoms with Gasteiger partial charge in [-0.25, -0.2) is 0 Å². The molecule has 1 nitrogen and oxygen atoms in total. The zero-order chi connectivity index (χ0) is 7.82. The molecule has 0 bridgehead atoms. The Hall–Kier alpha value is 0.310. The Kier molecular flexibility index (Phi) is 7.65. The summed E-state index contributed by atoms with van der Waals surface area (Å²) < 4.78 is 0. The zero-order valence-corrected chi connectivity index (χ0v) is 7.78. The van der Waals surface area contributed by atoms with Crippen molar-refractivity contribution in [3.8, 4) is 0 Å². The van der Waals surface area contributed by atoms with Crippen LogP contribution in [0.2, 0.25) is 0 Å². The number of aliphatic hydroxyl groups excluding tert-OH is 1. The van der Waals surface area contributed by atoms with Gasteiger partial charge in [0.25, 0.3) is 0 Å². The van der Waals surface area contributed by atoms with E-state index in [2.05, 4.69) is 6.92 Å². The molecule has 1 N–H and O–H groups in total. The maximum absolute atomic E-state index is 8.87. The Labute approximate surface area is 68.2 Å². The number of hydrogen-bond acceptors (Lipinski definition) is 2. The smallest absolute Gasteiger partial charge is 0.0964 e. The Bertz CT molecular complexity index is 64.3. The van der Waals surface area contributed by atoms with E-state index in [4.69, 9.17) is 5.11 Å². The van der Waals surface area contributed by atoms with Gasteiger partial charge >= 0.3 is 0 Å². The van der Waals surface area contributed by atoms with Crippen LogP contribution in [0.25, 0.3) is 0 Å². The lowest BCUT2D eigenvalue weighted by Gasteiger charge is -2.02. The van der Waals surface area contributed by atoms with Crippen molar-refractivity contribution >= 4 is 11.8 Å². The third-order valence-corrected chi connectivity index (χ3v) is 2.36. The molecule has 0 aliphatic rings. The van der Waals surface area contributed by atoms with Gasteiger partial charge in [-0.15, -0.1) is 11.8 Å². The minimum atomic E-state index is -0.179. The molecular weight excluding hydrogens is 144 g/mol. The standard InChI is InChI=1S/C8H18OS/c1-3-4-5-6-7-10-8(2)9/h8-9H,3-7H2,1-2H3. The number of unbranched alkanes of at least 4 members (excludes halogenated alkanes) is 3. The Morgan fingerprint density at radius 3 is 2.50 bits per heavy atom. The summed E-state index contributed by atoms with van der Waals surface area (Å²) in [5.74, 6) is 1.11. The highest BCUT2D eigenvalue weighted by molar-refractivity contribution is 7.99. The number of hydrogen-bond donors (Lipinski definition) is 1. The summed E-state index contributed by atoms with van der Waals surface area (Å²) in [5.41, 5.74) is -0.179. The second kappa shape index (κ2) is 7.42. The van der Waals surface area contributed by atoms with Crippen molar-refractivity contribution in [2.24, 2.45) is 0 Å². The normalized spacial score (nSPS) is 13.5. The van der Waals surface area contributed by atoms with Crippen molar-refractivity contribution in [1.82, 2.24) is 0 Å². The van der Waals surface area contributed by atoms with Crippen LogP contribution in [0.1, 0.15) is 39.5 Å². The zero-order valence-electron chi connectivity index (χ0n) is 6.97. The molecule has 0 fully saturated rings. The maximum Gasteiger partial charge on any atom is 0.0964 e. The molecule has 0 heterocycles. The number of aliphatic hydroxyl groups is 1. The van der Waals surface area contributed by atoms with Gasteiger partial charge in [-0.3, -0.25) is 0 Å². The maximum atomic E-state index is 8.87. The topological polar surface area (TPSA) is 20.2 Å². The molecule has 0 saturated heterocycles. The summed E-state index contributed by atoms with van der Waals surface area (Å²) in [7, 11) is 0. The predicted octanol–water partition coefficient (Wildman–Crippen LogP) is 2.64. The summed E-state index contributed by atoms with van der Waals surface area (Å²) in [5, 5.41) is 8.87. The minimum absolute atomic E-state index is 0.179. The molecule has 0 amide bonds.